The van der Waals surface area contributed by atoms with Crippen molar-refractivity contribution in [1.82, 2.24) is 4.57 Å². The van der Waals surface area contributed by atoms with Gasteiger partial charge >= 0.3 is 0 Å². The zero-order valence-corrected chi connectivity index (χ0v) is 14.3. The molecule has 0 aliphatic heterocycles. The molecule has 0 unspecified atom stereocenters. The fourth-order valence-electron chi connectivity index (χ4n) is 2.65. The van der Waals surface area contributed by atoms with Crippen molar-refractivity contribution in [3.8, 4) is 11.5 Å². The smallest absolute Gasteiger partial charge is 0.272 e. The lowest BCUT2D eigenvalue weighted by Gasteiger charge is -2.13. The number of nitrogens with zero attached hydrogens (tertiary/aromatic N) is 1. The van der Waals surface area contributed by atoms with Crippen LogP contribution in [0.3, 0.4) is 0 Å². The summed E-state index contributed by atoms with van der Waals surface area (Å²) in [5.74, 6) is 0.689. The molecule has 0 saturated carbocycles. The van der Waals surface area contributed by atoms with E-state index in [2.05, 4.69) is 5.32 Å². The molecule has 1 N–H and O–H groups in total. The summed E-state index contributed by atoms with van der Waals surface area (Å²) in [4.78, 5) is 12.7. The molecule has 6 heteroatoms. The van der Waals surface area contributed by atoms with Gasteiger partial charge in [-0.3, -0.25) is 4.79 Å². The van der Waals surface area contributed by atoms with Crippen LogP contribution >= 0.6 is 11.6 Å². The van der Waals surface area contributed by atoms with Crippen LogP contribution in [-0.4, -0.2) is 24.7 Å². The van der Waals surface area contributed by atoms with Crippen molar-refractivity contribution >= 4 is 34.1 Å². The van der Waals surface area contributed by atoms with Crippen LogP contribution in [0.5, 0.6) is 11.5 Å². The highest BCUT2D eigenvalue weighted by Gasteiger charge is 2.17. The number of ether oxygens (including phenoxy) is 2. The number of hydrogen-bond acceptors (Lipinski definition) is 3. The van der Waals surface area contributed by atoms with Gasteiger partial charge in [0.2, 0.25) is 0 Å². The Morgan fingerprint density at radius 2 is 1.79 bits per heavy atom. The Hall–Kier alpha value is -2.66. The van der Waals surface area contributed by atoms with Crippen molar-refractivity contribution in [2.45, 2.75) is 0 Å². The summed E-state index contributed by atoms with van der Waals surface area (Å²) in [5, 5.41) is 4.28. The highest BCUT2D eigenvalue weighted by atomic mass is 35.5. The molecule has 0 aliphatic rings. The van der Waals surface area contributed by atoms with Gasteiger partial charge in [-0.05, 0) is 12.1 Å². The molecule has 0 spiro atoms. The summed E-state index contributed by atoms with van der Waals surface area (Å²) in [6, 6.07) is 12.9. The summed E-state index contributed by atoms with van der Waals surface area (Å²) in [6.45, 7) is 0. The van der Waals surface area contributed by atoms with Crippen LogP contribution in [0.2, 0.25) is 5.02 Å². The molecule has 3 rings (SSSR count). The minimum absolute atomic E-state index is 0.239. The molecule has 0 aliphatic carbocycles. The Morgan fingerprint density at radius 3 is 2.46 bits per heavy atom. The molecular weight excluding hydrogens is 328 g/mol. The Kier molecular flexibility index (Phi) is 4.36. The maximum atomic E-state index is 12.7. The van der Waals surface area contributed by atoms with Gasteiger partial charge in [0.1, 0.15) is 17.2 Å². The van der Waals surface area contributed by atoms with Gasteiger partial charge in [-0.1, -0.05) is 29.8 Å². The van der Waals surface area contributed by atoms with Gasteiger partial charge in [-0.25, -0.2) is 0 Å². The summed E-state index contributed by atoms with van der Waals surface area (Å²) in [7, 11) is 4.89. The van der Waals surface area contributed by atoms with Crippen molar-refractivity contribution in [2.75, 3.05) is 19.5 Å². The monoisotopic (exact) mass is 344 g/mol. The van der Waals surface area contributed by atoms with E-state index in [1.54, 1.807) is 12.1 Å². The zero-order valence-electron chi connectivity index (χ0n) is 13.6. The maximum Gasteiger partial charge on any atom is 0.272 e. The van der Waals surface area contributed by atoms with Crippen LogP contribution < -0.4 is 14.8 Å². The molecule has 5 nitrogen and oxygen atoms in total. The van der Waals surface area contributed by atoms with E-state index in [1.165, 1.54) is 14.2 Å². The number of benzene rings is 2. The SMILES string of the molecule is COc1cc(NC(=O)c2cc3ccccc3n2C)c(OC)cc1Cl. The fraction of sp³-hybridized carbons (Fsp3) is 0.167. The van der Waals surface area contributed by atoms with E-state index < -0.39 is 0 Å². The number of fused-ring (bicyclic) bond motifs is 1. The Morgan fingerprint density at radius 1 is 1.08 bits per heavy atom. The first-order chi connectivity index (χ1) is 11.5. The largest absolute Gasteiger partial charge is 0.495 e. The van der Waals surface area contributed by atoms with Crippen molar-refractivity contribution in [3.63, 3.8) is 0 Å². The highest BCUT2D eigenvalue weighted by Crippen LogP contribution is 2.36. The van der Waals surface area contributed by atoms with Crippen LogP contribution in [-0.2, 0) is 7.05 Å². The lowest BCUT2D eigenvalue weighted by molar-refractivity contribution is 0.101. The number of anilines is 1. The molecule has 0 saturated heterocycles. The molecule has 1 heterocycles. The second-order valence-electron chi connectivity index (χ2n) is 5.29. The van der Waals surface area contributed by atoms with E-state index in [0.717, 1.165) is 10.9 Å². The number of hydrogen-bond donors (Lipinski definition) is 1. The number of para-hydroxylation sites is 1. The van der Waals surface area contributed by atoms with Crippen LogP contribution in [0.4, 0.5) is 5.69 Å². The van der Waals surface area contributed by atoms with Gasteiger partial charge in [-0.15, -0.1) is 0 Å². The number of aromatic nitrogens is 1. The number of nitrogens with one attached hydrogen (secondary N) is 1. The molecular formula is C18H17ClN2O3. The van der Waals surface area contributed by atoms with Crippen molar-refractivity contribution in [3.05, 3.63) is 53.2 Å². The maximum absolute atomic E-state index is 12.7. The third-order valence-corrected chi connectivity index (χ3v) is 4.20. The molecule has 1 aromatic heterocycles. The molecule has 0 bridgehead atoms. The number of rotatable bonds is 4. The molecule has 0 radical (unpaired) electrons. The van der Waals surface area contributed by atoms with Crippen LogP contribution in [0.25, 0.3) is 10.9 Å². The number of carbonyl (C=O) groups excluding carboxylic acids is 1. The van der Waals surface area contributed by atoms with Crippen molar-refractivity contribution < 1.29 is 14.3 Å². The summed E-state index contributed by atoms with van der Waals surface area (Å²) >= 11 is 6.09. The van der Waals surface area contributed by atoms with Gasteiger partial charge in [0, 0.05) is 30.1 Å². The second-order valence-corrected chi connectivity index (χ2v) is 5.70. The predicted octanol–water partition coefficient (Wildman–Crippen LogP) is 4.10. The van der Waals surface area contributed by atoms with E-state index in [4.69, 9.17) is 21.1 Å². The Bertz CT molecular complexity index is 918. The Labute approximate surface area is 144 Å². The number of aryl methyl sites for hydroxylation is 1. The highest BCUT2D eigenvalue weighted by molar-refractivity contribution is 6.32. The first-order valence-electron chi connectivity index (χ1n) is 7.32. The molecule has 24 heavy (non-hydrogen) atoms. The van der Waals surface area contributed by atoms with Crippen molar-refractivity contribution in [1.29, 1.82) is 0 Å². The molecule has 1 amide bonds. The quantitative estimate of drug-likeness (QED) is 0.775. The van der Waals surface area contributed by atoms with E-state index in [1.807, 2.05) is 41.9 Å². The number of amides is 1. The molecule has 0 atom stereocenters. The minimum Gasteiger partial charge on any atom is -0.495 e. The lowest BCUT2D eigenvalue weighted by Crippen LogP contribution is -2.16. The van der Waals surface area contributed by atoms with Gasteiger partial charge in [-0.2, -0.15) is 0 Å². The molecule has 3 aromatic rings. The number of halogens is 1. The molecule has 124 valence electrons. The summed E-state index contributed by atoms with van der Waals surface area (Å²) in [5.41, 5.74) is 2.03. The summed E-state index contributed by atoms with van der Waals surface area (Å²) < 4.78 is 12.3. The van der Waals surface area contributed by atoms with Gasteiger partial charge in [0.25, 0.3) is 5.91 Å². The van der Waals surface area contributed by atoms with E-state index >= 15 is 0 Å². The number of carbonyl (C=O) groups is 1. The average molecular weight is 345 g/mol. The van der Waals surface area contributed by atoms with Gasteiger partial charge in [0.15, 0.2) is 0 Å². The van der Waals surface area contributed by atoms with Gasteiger partial charge in [0.05, 0.1) is 24.9 Å². The Balaban J connectivity index is 1.98. The van der Waals surface area contributed by atoms with Crippen LogP contribution in [0, 0.1) is 0 Å². The fourth-order valence-corrected chi connectivity index (χ4v) is 2.88. The third-order valence-electron chi connectivity index (χ3n) is 3.91. The van der Waals surface area contributed by atoms with Crippen molar-refractivity contribution in [2.24, 2.45) is 7.05 Å². The minimum atomic E-state index is -0.239. The number of methoxy groups -OCH3 is 2. The normalized spacial score (nSPS) is 10.7. The average Bonchev–Trinajstić information content (AvgIpc) is 2.93. The topological polar surface area (TPSA) is 52.5 Å². The van der Waals surface area contributed by atoms with Crippen LogP contribution in [0.15, 0.2) is 42.5 Å². The lowest BCUT2D eigenvalue weighted by atomic mass is 10.2. The van der Waals surface area contributed by atoms with Crippen LogP contribution in [0.1, 0.15) is 10.5 Å². The summed E-state index contributed by atoms with van der Waals surface area (Å²) in [6.07, 6.45) is 0. The van der Waals surface area contributed by atoms with Gasteiger partial charge < -0.3 is 19.4 Å². The first-order valence-corrected chi connectivity index (χ1v) is 7.70. The standard InChI is InChI=1S/C18H17ClN2O3/c1-21-14-7-5-4-6-11(14)8-15(21)18(22)20-13-10-16(23-2)12(19)9-17(13)24-3/h4-10H,1-3H3,(H,20,22). The second kappa shape index (κ2) is 6.45. The molecule has 2 aromatic carbocycles. The zero-order chi connectivity index (χ0) is 17.3. The molecule has 0 fully saturated rings. The van der Waals surface area contributed by atoms with E-state index in [-0.39, 0.29) is 5.91 Å². The van der Waals surface area contributed by atoms with E-state index in [9.17, 15) is 4.79 Å². The first kappa shape index (κ1) is 16.2. The third kappa shape index (κ3) is 2.78. The predicted molar refractivity (Wildman–Crippen MR) is 95.4 cm³/mol. The van der Waals surface area contributed by atoms with E-state index in [0.29, 0.717) is 27.9 Å².